The molecule has 1 aliphatic rings. The smallest absolute Gasteiger partial charge is 0.193 e. The van der Waals surface area contributed by atoms with E-state index < -0.39 is 0 Å². The lowest BCUT2D eigenvalue weighted by Gasteiger charge is -2.25. The van der Waals surface area contributed by atoms with E-state index in [1.807, 2.05) is 7.05 Å². The van der Waals surface area contributed by atoms with Gasteiger partial charge >= 0.3 is 0 Å². The first-order valence-corrected chi connectivity index (χ1v) is 8.37. The summed E-state index contributed by atoms with van der Waals surface area (Å²) in [5.74, 6) is 1.61. The van der Waals surface area contributed by atoms with Gasteiger partial charge in [0.15, 0.2) is 5.96 Å². The van der Waals surface area contributed by atoms with Gasteiger partial charge in [-0.05, 0) is 37.4 Å². The van der Waals surface area contributed by atoms with Crippen molar-refractivity contribution in [1.82, 2.24) is 15.1 Å². The van der Waals surface area contributed by atoms with Crippen LogP contribution in [0.3, 0.4) is 0 Å². The van der Waals surface area contributed by atoms with Gasteiger partial charge in [-0.15, -0.1) is 0 Å². The Hall–Kier alpha value is -1.55. The van der Waals surface area contributed by atoms with E-state index in [9.17, 15) is 0 Å². The first-order chi connectivity index (χ1) is 10.7. The summed E-state index contributed by atoms with van der Waals surface area (Å²) in [4.78, 5) is 9.16. The van der Waals surface area contributed by atoms with Crippen molar-refractivity contribution >= 4 is 5.96 Å². The van der Waals surface area contributed by atoms with Crippen LogP contribution in [0.25, 0.3) is 0 Å². The molecule has 4 heteroatoms. The van der Waals surface area contributed by atoms with Crippen LogP contribution in [0.15, 0.2) is 35.3 Å². The van der Waals surface area contributed by atoms with Gasteiger partial charge < -0.3 is 15.1 Å². The Balaban J connectivity index is 1.76. The Morgan fingerprint density at radius 3 is 2.59 bits per heavy atom. The molecular formula is C18H30N4. The fourth-order valence-corrected chi connectivity index (χ4v) is 3.05. The summed E-state index contributed by atoms with van der Waals surface area (Å²) >= 11 is 0. The molecule has 122 valence electrons. The minimum atomic E-state index is 0.639. The van der Waals surface area contributed by atoms with E-state index in [2.05, 4.69) is 64.4 Å². The number of rotatable bonds is 6. The average Bonchev–Trinajstić information content (AvgIpc) is 3.01. The third-order valence-electron chi connectivity index (χ3n) is 4.21. The monoisotopic (exact) mass is 302 g/mol. The normalized spacial score (nSPS) is 17.5. The maximum atomic E-state index is 4.41. The molecule has 1 unspecified atom stereocenters. The molecule has 0 spiro atoms. The standard InChI is InChI=1S/C18H30N4/c1-16(14-22-11-7-8-12-22)13-20-18(19-2)21(3)15-17-9-5-4-6-10-17/h4-6,9-10,16H,7-8,11-15H2,1-3H3,(H,19,20). The van der Waals surface area contributed by atoms with E-state index in [0.29, 0.717) is 5.92 Å². The van der Waals surface area contributed by atoms with Crippen LogP contribution >= 0.6 is 0 Å². The number of benzene rings is 1. The van der Waals surface area contributed by atoms with Gasteiger partial charge in [0, 0.05) is 33.7 Å². The molecule has 0 bridgehead atoms. The zero-order valence-corrected chi connectivity index (χ0v) is 14.3. The van der Waals surface area contributed by atoms with E-state index in [4.69, 9.17) is 0 Å². The van der Waals surface area contributed by atoms with Crippen LogP contribution in [0.5, 0.6) is 0 Å². The minimum Gasteiger partial charge on any atom is -0.356 e. The molecule has 0 amide bonds. The number of hydrogen-bond acceptors (Lipinski definition) is 2. The summed E-state index contributed by atoms with van der Waals surface area (Å²) < 4.78 is 0. The first-order valence-electron chi connectivity index (χ1n) is 8.37. The van der Waals surface area contributed by atoms with Gasteiger partial charge in [0.2, 0.25) is 0 Å². The average molecular weight is 302 g/mol. The molecular weight excluding hydrogens is 272 g/mol. The first kappa shape index (κ1) is 16.8. The Labute approximate surface area is 135 Å². The second-order valence-corrected chi connectivity index (χ2v) is 6.38. The van der Waals surface area contributed by atoms with E-state index in [-0.39, 0.29) is 0 Å². The van der Waals surface area contributed by atoms with Gasteiger partial charge in [-0.25, -0.2) is 0 Å². The fourth-order valence-electron chi connectivity index (χ4n) is 3.05. The number of likely N-dealkylation sites (tertiary alicyclic amines) is 1. The SMILES string of the molecule is CN=C(NCC(C)CN1CCCC1)N(C)Cc1ccccc1. The summed E-state index contributed by atoms with van der Waals surface area (Å²) in [6.07, 6.45) is 2.73. The minimum absolute atomic E-state index is 0.639. The van der Waals surface area contributed by atoms with Crippen molar-refractivity contribution in [2.75, 3.05) is 40.3 Å². The highest BCUT2D eigenvalue weighted by atomic mass is 15.3. The van der Waals surface area contributed by atoms with Crippen LogP contribution in [0.2, 0.25) is 0 Å². The largest absolute Gasteiger partial charge is 0.356 e. The summed E-state index contributed by atoms with van der Waals surface area (Å²) in [6, 6.07) is 10.5. The molecule has 0 saturated carbocycles. The molecule has 1 heterocycles. The lowest BCUT2D eigenvalue weighted by Crippen LogP contribution is -2.42. The second-order valence-electron chi connectivity index (χ2n) is 6.38. The highest BCUT2D eigenvalue weighted by Gasteiger charge is 2.15. The van der Waals surface area contributed by atoms with Crippen LogP contribution in [-0.2, 0) is 6.54 Å². The molecule has 0 radical (unpaired) electrons. The predicted molar refractivity (Wildman–Crippen MR) is 94.1 cm³/mol. The number of guanidine groups is 1. The van der Waals surface area contributed by atoms with E-state index in [1.54, 1.807) is 0 Å². The van der Waals surface area contributed by atoms with Crippen LogP contribution in [0, 0.1) is 5.92 Å². The zero-order chi connectivity index (χ0) is 15.8. The third-order valence-corrected chi connectivity index (χ3v) is 4.21. The molecule has 22 heavy (non-hydrogen) atoms. The Morgan fingerprint density at radius 2 is 1.95 bits per heavy atom. The summed E-state index contributed by atoms with van der Waals surface area (Å²) in [5, 5.41) is 3.51. The fraction of sp³-hybridized carbons (Fsp3) is 0.611. The molecule has 1 aromatic carbocycles. The van der Waals surface area contributed by atoms with E-state index in [1.165, 1.54) is 38.0 Å². The second kappa shape index (κ2) is 8.79. The van der Waals surface area contributed by atoms with Crippen molar-refractivity contribution in [3.05, 3.63) is 35.9 Å². The number of nitrogens with one attached hydrogen (secondary N) is 1. The highest BCUT2D eigenvalue weighted by Crippen LogP contribution is 2.10. The molecule has 1 aliphatic heterocycles. The molecule has 1 atom stereocenters. The van der Waals surface area contributed by atoms with Crippen LogP contribution in [-0.4, -0.2) is 56.0 Å². The van der Waals surface area contributed by atoms with Crippen molar-refractivity contribution in [2.45, 2.75) is 26.3 Å². The Bertz CT molecular complexity index is 451. The van der Waals surface area contributed by atoms with Gasteiger partial charge in [-0.2, -0.15) is 0 Å². The van der Waals surface area contributed by atoms with Crippen LogP contribution in [0.4, 0.5) is 0 Å². The van der Waals surface area contributed by atoms with Gasteiger partial charge in [-0.3, -0.25) is 4.99 Å². The summed E-state index contributed by atoms with van der Waals surface area (Å²) in [7, 11) is 3.95. The molecule has 1 fully saturated rings. The number of hydrogen-bond donors (Lipinski definition) is 1. The molecule has 1 saturated heterocycles. The molecule has 0 aliphatic carbocycles. The molecule has 1 aromatic rings. The quantitative estimate of drug-likeness (QED) is 0.647. The molecule has 1 N–H and O–H groups in total. The molecule has 2 rings (SSSR count). The van der Waals surface area contributed by atoms with Crippen molar-refractivity contribution in [3.63, 3.8) is 0 Å². The van der Waals surface area contributed by atoms with Gasteiger partial charge in [-0.1, -0.05) is 37.3 Å². The predicted octanol–water partition coefficient (Wildman–Crippen LogP) is 2.43. The Kier molecular flexibility index (Phi) is 6.72. The highest BCUT2D eigenvalue weighted by molar-refractivity contribution is 5.79. The number of aliphatic imine (C=N–C) groups is 1. The molecule has 0 aromatic heterocycles. The maximum absolute atomic E-state index is 4.41. The summed E-state index contributed by atoms with van der Waals surface area (Å²) in [5.41, 5.74) is 1.30. The lowest BCUT2D eigenvalue weighted by molar-refractivity contribution is 0.286. The number of nitrogens with zero attached hydrogens (tertiary/aromatic N) is 3. The Morgan fingerprint density at radius 1 is 1.27 bits per heavy atom. The van der Waals surface area contributed by atoms with Crippen LogP contribution < -0.4 is 5.32 Å². The van der Waals surface area contributed by atoms with Crippen LogP contribution in [0.1, 0.15) is 25.3 Å². The lowest BCUT2D eigenvalue weighted by atomic mass is 10.1. The van der Waals surface area contributed by atoms with Crippen molar-refractivity contribution in [3.8, 4) is 0 Å². The van der Waals surface area contributed by atoms with Gasteiger partial charge in [0.25, 0.3) is 0 Å². The van der Waals surface area contributed by atoms with E-state index >= 15 is 0 Å². The van der Waals surface area contributed by atoms with Crippen molar-refractivity contribution in [1.29, 1.82) is 0 Å². The zero-order valence-electron chi connectivity index (χ0n) is 14.3. The summed E-state index contributed by atoms with van der Waals surface area (Å²) in [6.45, 7) is 7.89. The van der Waals surface area contributed by atoms with Gasteiger partial charge in [0.05, 0.1) is 0 Å². The third kappa shape index (κ3) is 5.34. The van der Waals surface area contributed by atoms with Gasteiger partial charge in [0.1, 0.15) is 0 Å². The molecule has 4 nitrogen and oxygen atoms in total. The topological polar surface area (TPSA) is 30.9 Å². The van der Waals surface area contributed by atoms with E-state index in [0.717, 1.165) is 19.0 Å². The van der Waals surface area contributed by atoms with Crippen molar-refractivity contribution < 1.29 is 0 Å². The maximum Gasteiger partial charge on any atom is 0.193 e. The van der Waals surface area contributed by atoms with Crippen molar-refractivity contribution in [2.24, 2.45) is 10.9 Å².